The molecule has 11 heteroatoms. The van der Waals surface area contributed by atoms with E-state index >= 15 is 4.39 Å². The normalized spacial score (nSPS) is 18.8. The van der Waals surface area contributed by atoms with Gasteiger partial charge in [-0.15, -0.1) is 0 Å². The van der Waals surface area contributed by atoms with Crippen molar-refractivity contribution in [2.75, 3.05) is 31.1 Å². The summed E-state index contributed by atoms with van der Waals surface area (Å²) in [7, 11) is 0. The Bertz CT molecular complexity index is 1650. The van der Waals surface area contributed by atoms with Crippen LogP contribution in [0.15, 0.2) is 54.6 Å². The molecule has 2 fully saturated rings. The molecule has 6 rings (SSSR count). The zero-order valence-electron chi connectivity index (χ0n) is 23.3. The lowest BCUT2D eigenvalue weighted by Gasteiger charge is -2.36. The number of hydrogen-bond acceptors (Lipinski definition) is 6. The zero-order valence-corrected chi connectivity index (χ0v) is 23.3. The predicted octanol–water partition coefficient (Wildman–Crippen LogP) is 4.18. The highest BCUT2D eigenvalue weighted by molar-refractivity contribution is 6.05. The first kappa shape index (κ1) is 28.3. The number of imide groups is 1. The van der Waals surface area contributed by atoms with E-state index in [4.69, 9.17) is 11.3 Å². The van der Waals surface area contributed by atoms with Gasteiger partial charge in [0.1, 0.15) is 30.0 Å². The molecule has 0 bridgehead atoms. The zero-order chi connectivity index (χ0) is 30.1. The van der Waals surface area contributed by atoms with Gasteiger partial charge in [0.15, 0.2) is 5.69 Å². The molecule has 0 radical (unpaired) electrons. The Morgan fingerprint density at radius 2 is 1.79 bits per heavy atom. The van der Waals surface area contributed by atoms with Crippen LogP contribution in [-0.4, -0.2) is 59.7 Å². The summed E-state index contributed by atoms with van der Waals surface area (Å²) in [6.07, 6.45) is 0.454. The standard InChI is InChI=1S/C32H29F2N5O4/c1-35-22-7-8-27(26(34)16-22)38-13-11-37(12-14-38)17-21-6-5-20(15-25(21)33)19-43-29-4-2-3-23-24(29)18-39(32(23)42)28-9-10-30(40)36-31(28)41/h2-8,15-16,28H,9-14,17-19H2,(H,36,40,41)/t28-/m0/s1. The first-order chi connectivity index (χ1) is 20.8. The highest BCUT2D eigenvalue weighted by Gasteiger charge is 2.40. The number of ether oxygens (including phenoxy) is 1. The third-order valence-corrected chi connectivity index (χ3v) is 8.22. The molecule has 43 heavy (non-hydrogen) atoms. The van der Waals surface area contributed by atoms with Crippen LogP contribution >= 0.6 is 0 Å². The first-order valence-corrected chi connectivity index (χ1v) is 14.1. The topological polar surface area (TPSA) is 86.6 Å². The van der Waals surface area contributed by atoms with Crippen LogP contribution < -0.4 is 15.0 Å². The maximum atomic E-state index is 15.1. The summed E-state index contributed by atoms with van der Waals surface area (Å²) in [4.78, 5) is 45.7. The summed E-state index contributed by atoms with van der Waals surface area (Å²) >= 11 is 0. The Morgan fingerprint density at radius 3 is 2.51 bits per heavy atom. The summed E-state index contributed by atoms with van der Waals surface area (Å²) in [6.45, 7) is 10.2. The van der Waals surface area contributed by atoms with E-state index in [1.54, 1.807) is 36.4 Å². The van der Waals surface area contributed by atoms with Gasteiger partial charge in [-0.05, 0) is 42.3 Å². The van der Waals surface area contributed by atoms with Crippen molar-refractivity contribution >= 4 is 29.1 Å². The Balaban J connectivity index is 1.05. The Labute approximate surface area is 247 Å². The molecular weight excluding hydrogens is 556 g/mol. The molecule has 3 heterocycles. The van der Waals surface area contributed by atoms with Crippen molar-refractivity contribution in [2.45, 2.75) is 38.6 Å². The average molecular weight is 586 g/mol. The monoisotopic (exact) mass is 585 g/mol. The molecule has 3 aliphatic rings. The number of halogens is 2. The van der Waals surface area contributed by atoms with Gasteiger partial charge in [-0.2, -0.15) is 0 Å². The fourth-order valence-corrected chi connectivity index (χ4v) is 5.87. The smallest absolute Gasteiger partial charge is 0.255 e. The molecule has 0 aromatic heterocycles. The number of benzene rings is 3. The molecule has 0 unspecified atom stereocenters. The third-order valence-electron chi connectivity index (χ3n) is 8.22. The Kier molecular flexibility index (Phi) is 7.78. The lowest BCUT2D eigenvalue weighted by molar-refractivity contribution is -0.136. The number of carbonyl (C=O) groups is 3. The fourth-order valence-electron chi connectivity index (χ4n) is 5.87. The number of fused-ring (bicyclic) bond motifs is 1. The second kappa shape index (κ2) is 11.8. The van der Waals surface area contributed by atoms with Crippen molar-refractivity contribution in [3.05, 3.63) is 99.9 Å². The van der Waals surface area contributed by atoms with E-state index in [9.17, 15) is 18.8 Å². The van der Waals surface area contributed by atoms with Crippen LogP contribution in [0.25, 0.3) is 4.85 Å². The first-order valence-electron chi connectivity index (χ1n) is 14.1. The van der Waals surface area contributed by atoms with Gasteiger partial charge >= 0.3 is 0 Å². The lowest BCUT2D eigenvalue weighted by atomic mass is 10.0. The van der Waals surface area contributed by atoms with E-state index in [-0.39, 0.29) is 49.3 Å². The van der Waals surface area contributed by atoms with E-state index in [0.29, 0.717) is 66.4 Å². The van der Waals surface area contributed by atoms with Gasteiger partial charge in [0, 0.05) is 55.8 Å². The average Bonchev–Trinajstić information content (AvgIpc) is 3.34. The van der Waals surface area contributed by atoms with Gasteiger partial charge in [0.2, 0.25) is 11.8 Å². The van der Waals surface area contributed by atoms with Gasteiger partial charge in [0.05, 0.1) is 18.8 Å². The van der Waals surface area contributed by atoms with Crippen LogP contribution in [-0.2, 0) is 29.3 Å². The van der Waals surface area contributed by atoms with Crippen molar-refractivity contribution in [2.24, 2.45) is 0 Å². The number of nitrogens with one attached hydrogen (secondary N) is 1. The van der Waals surface area contributed by atoms with E-state index in [2.05, 4.69) is 15.1 Å². The minimum atomic E-state index is -0.715. The van der Waals surface area contributed by atoms with E-state index in [0.717, 1.165) is 0 Å². The molecular formula is C32H29F2N5O4. The minimum absolute atomic E-state index is 0.0940. The van der Waals surface area contributed by atoms with Crippen LogP contribution in [0.1, 0.15) is 39.9 Å². The fraction of sp³-hybridized carbons (Fsp3) is 0.312. The summed E-state index contributed by atoms with van der Waals surface area (Å²) < 4.78 is 35.6. The van der Waals surface area contributed by atoms with Gasteiger partial charge in [-0.1, -0.05) is 24.3 Å². The number of anilines is 1. The molecule has 1 N–H and O–H groups in total. The number of rotatable bonds is 7. The van der Waals surface area contributed by atoms with E-state index in [1.807, 2.05) is 11.0 Å². The maximum Gasteiger partial charge on any atom is 0.255 e. The second-order valence-corrected chi connectivity index (χ2v) is 10.9. The highest BCUT2D eigenvalue weighted by atomic mass is 19.1. The molecule has 220 valence electrons. The number of hydrogen-bond donors (Lipinski definition) is 1. The van der Waals surface area contributed by atoms with Crippen molar-refractivity contribution in [1.82, 2.24) is 15.1 Å². The van der Waals surface area contributed by atoms with Crippen LogP contribution in [0.4, 0.5) is 20.2 Å². The van der Waals surface area contributed by atoms with Crippen LogP contribution in [0.5, 0.6) is 5.75 Å². The summed E-state index contributed by atoms with van der Waals surface area (Å²) in [6, 6.07) is 13.9. The van der Waals surface area contributed by atoms with Crippen LogP contribution in [0.3, 0.4) is 0 Å². The number of nitrogens with zero attached hydrogens (tertiary/aromatic N) is 4. The molecule has 0 saturated carbocycles. The minimum Gasteiger partial charge on any atom is -0.489 e. The van der Waals surface area contributed by atoms with Gasteiger partial charge < -0.3 is 14.5 Å². The number of piperidine rings is 1. The molecule has 3 aromatic rings. The quantitative estimate of drug-likeness (QED) is 0.331. The molecule has 0 spiro atoms. The van der Waals surface area contributed by atoms with Gasteiger partial charge in [-0.25, -0.2) is 13.6 Å². The SMILES string of the molecule is [C-]#[N+]c1ccc(N2CCN(Cc3ccc(COc4cccc5c4CN([C@H]4CCC(=O)NC4=O)C5=O)cc3F)CC2)c(F)c1. The lowest BCUT2D eigenvalue weighted by Crippen LogP contribution is -2.52. The van der Waals surface area contributed by atoms with Crippen molar-refractivity contribution < 1.29 is 27.9 Å². The van der Waals surface area contributed by atoms with Crippen LogP contribution in [0, 0.1) is 18.2 Å². The second-order valence-electron chi connectivity index (χ2n) is 10.9. The summed E-state index contributed by atoms with van der Waals surface area (Å²) in [5, 5.41) is 2.30. The molecule has 3 aromatic carbocycles. The number of amides is 3. The Hall–Kier alpha value is -4.82. The van der Waals surface area contributed by atoms with Crippen molar-refractivity contribution in [3.63, 3.8) is 0 Å². The number of piperazine rings is 1. The largest absolute Gasteiger partial charge is 0.489 e. The third kappa shape index (κ3) is 5.79. The molecule has 9 nitrogen and oxygen atoms in total. The molecule has 3 aliphatic heterocycles. The maximum absolute atomic E-state index is 15.1. The Morgan fingerprint density at radius 1 is 0.977 bits per heavy atom. The molecule has 0 aliphatic carbocycles. The highest BCUT2D eigenvalue weighted by Crippen LogP contribution is 2.34. The van der Waals surface area contributed by atoms with Gasteiger partial charge in [-0.3, -0.25) is 24.6 Å². The van der Waals surface area contributed by atoms with Gasteiger partial charge in [0.25, 0.3) is 5.91 Å². The predicted molar refractivity (Wildman–Crippen MR) is 153 cm³/mol. The summed E-state index contributed by atoms with van der Waals surface area (Å²) in [5.41, 5.74) is 3.04. The van der Waals surface area contributed by atoms with Crippen molar-refractivity contribution in [3.8, 4) is 5.75 Å². The summed E-state index contributed by atoms with van der Waals surface area (Å²) in [5.74, 6) is -1.37. The molecule has 1 atom stereocenters. The van der Waals surface area contributed by atoms with Crippen LogP contribution in [0.2, 0.25) is 0 Å². The van der Waals surface area contributed by atoms with E-state index in [1.165, 1.54) is 17.0 Å². The van der Waals surface area contributed by atoms with Crippen molar-refractivity contribution in [1.29, 1.82) is 0 Å². The number of carbonyl (C=O) groups excluding carboxylic acids is 3. The molecule has 2 saturated heterocycles. The molecule has 3 amide bonds. The van der Waals surface area contributed by atoms with E-state index < -0.39 is 17.8 Å².